The Kier molecular flexibility index (Phi) is 19.0. The molecule has 0 radical (unpaired) electrons. The van der Waals surface area contributed by atoms with E-state index in [0.717, 1.165) is 179 Å². The van der Waals surface area contributed by atoms with Crippen LogP contribution in [0.5, 0.6) is 23.0 Å². The second kappa shape index (κ2) is 30.3. The Morgan fingerprint density at radius 3 is 1.27 bits per heavy atom. The predicted octanol–water partition coefficient (Wildman–Crippen LogP) is 10.9. The zero-order chi connectivity index (χ0) is 79.0. The number of anilines is 9. The van der Waals surface area contributed by atoms with E-state index in [1.807, 2.05) is 103 Å². The summed E-state index contributed by atoms with van der Waals surface area (Å²) in [5.74, 6) is 22.4. The molecule has 10 aromatic rings. The zero-order valence-electron chi connectivity index (χ0n) is 64.6. The van der Waals surface area contributed by atoms with Gasteiger partial charge >= 0.3 is 6.18 Å². The van der Waals surface area contributed by atoms with Crippen LogP contribution in [0, 0.1) is 46.9 Å². The first-order valence-electron chi connectivity index (χ1n) is 40.6. The molecule has 6 bridgehead atoms. The van der Waals surface area contributed by atoms with Crippen molar-refractivity contribution in [3.63, 3.8) is 0 Å². The van der Waals surface area contributed by atoms with Gasteiger partial charge in [0, 0.05) is 178 Å². The highest BCUT2D eigenvalue weighted by molar-refractivity contribution is 5.78. The summed E-state index contributed by atoms with van der Waals surface area (Å²) in [4.78, 5) is 34.9. The van der Waals surface area contributed by atoms with Gasteiger partial charge in [-0.1, -0.05) is 66.3 Å². The Bertz CT molecular complexity index is 5610. The molecular formula is C90H88F3N21O3. The number of ether oxygens (including phenoxy) is 2. The number of alkyl halides is 3. The third-order valence-electron chi connectivity index (χ3n) is 25.5. The molecule has 9 saturated heterocycles. The number of halogens is 3. The fourth-order valence-electron chi connectivity index (χ4n) is 19.5. The van der Waals surface area contributed by atoms with Crippen molar-refractivity contribution in [3.05, 3.63) is 193 Å². The highest BCUT2D eigenvalue weighted by Crippen LogP contribution is 2.56. The minimum Gasteiger partial charge on any atom is -0.507 e. The van der Waals surface area contributed by atoms with Gasteiger partial charge in [-0.05, 0) is 171 Å². The number of fused-ring (bicyclic) bond motifs is 6. The molecule has 1 aliphatic carbocycles. The Morgan fingerprint density at radius 2 is 0.829 bits per heavy atom. The van der Waals surface area contributed by atoms with Gasteiger partial charge in [0.25, 0.3) is 0 Å². The van der Waals surface area contributed by atoms with Crippen LogP contribution in [0.4, 0.5) is 64.7 Å². The SMILES string of the molecule is Nc1nnc(-c2ccccc2O)cc1N1CC2CCC(C1)N2c1ccnc(C#CCN2CC(c3ccc(Oc4ccccc4-c4cc(N5CC6CCC(C5)N6c5ccnc(C#CCN6CC7(CC7Oc7ccccc7-c7cc(N8CC9CCC(C8)N9c8ccnc(C#CCN9CC(C(F)(F)F)C9)c8)c(N)nn7)C6)c5)c(N)nn4)cc3)C2)c1. The van der Waals surface area contributed by atoms with Gasteiger partial charge in [-0.2, -0.15) is 13.2 Å². The number of hydrogen-bond donors (Lipinski definition) is 4. The Hall–Kier alpha value is -12.5. The smallest absolute Gasteiger partial charge is 0.394 e. The van der Waals surface area contributed by atoms with E-state index in [1.54, 1.807) is 23.2 Å². The van der Waals surface area contributed by atoms with Crippen molar-refractivity contribution in [2.24, 2.45) is 11.3 Å². The minimum atomic E-state index is -4.16. The molecule has 0 amide bonds. The molecule has 7 atom stereocenters. The normalized spacial score (nSPS) is 22.6. The van der Waals surface area contributed by atoms with Crippen LogP contribution in [0.3, 0.4) is 0 Å². The predicted molar refractivity (Wildman–Crippen MR) is 445 cm³/mol. The maximum Gasteiger partial charge on any atom is 0.394 e. The molecule has 10 aliphatic rings. The number of phenols is 1. The average molecular weight is 1570 g/mol. The molecule has 10 fully saturated rings. The molecule has 20 rings (SSSR count). The number of nitrogens with zero attached hydrogens (tertiary/aromatic N) is 18. The number of nitrogens with two attached hydrogens (primary N) is 3. The third-order valence-corrected chi connectivity index (χ3v) is 25.5. The van der Waals surface area contributed by atoms with Crippen LogP contribution in [0.2, 0.25) is 0 Å². The Morgan fingerprint density at radius 1 is 0.436 bits per heavy atom. The fourth-order valence-corrected chi connectivity index (χ4v) is 19.5. The molecule has 27 heteroatoms. The molecule has 9 aliphatic heterocycles. The first-order chi connectivity index (χ1) is 57.1. The summed E-state index contributed by atoms with van der Waals surface area (Å²) < 4.78 is 52.5. The van der Waals surface area contributed by atoms with E-state index in [1.165, 1.54) is 5.56 Å². The third kappa shape index (κ3) is 14.7. The van der Waals surface area contributed by atoms with Crippen LogP contribution in [0.25, 0.3) is 33.8 Å². The first-order valence-corrected chi connectivity index (χ1v) is 40.6. The van der Waals surface area contributed by atoms with Crippen molar-refractivity contribution in [3.8, 4) is 92.3 Å². The van der Waals surface area contributed by atoms with Crippen molar-refractivity contribution < 1.29 is 27.8 Å². The highest BCUT2D eigenvalue weighted by Gasteiger charge is 2.63. The molecule has 6 aromatic heterocycles. The molecular weight excluding hydrogens is 1480 g/mol. The molecule has 1 spiro atoms. The lowest BCUT2D eigenvalue weighted by molar-refractivity contribution is -0.207. The van der Waals surface area contributed by atoms with Crippen molar-refractivity contribution in [1.82, 2.24) is 60.2 Å². The van der Waals surface area contributed by atoms with Crippen LogP contribution < -0.4 is 56.1 Å². The van der Waals surface area contributed by atoms with E-state index in [0.29, 0.717) is 70.5 Å². The minimum absolute atomic E-state index is 0.0120. The maximum atomic E-state index is 13.0. The molecule has 4 aromatic carbocycles. The van der Waals surface area contributed by atoms with Crippen LogP contribution in [-0.4, -0.2) is 212 Å². The number of pyridine rings is 3. The van der Waals surface area contributed by atoms with E-state index in [9.17, 15) is 18.3 Å². The van der Waals surface area contributed by atoms with Gasteiger partial charge < -0.3 is 61.2 Å². The highest BCUT2D eigenvalue weighted by atomic mass is 19.4. The molecule has 15 heterocycles. The lowest BCUT2D eigenvalue weighted by Crippen LogP contribution is -2.54. The lowest BCUT2D eigenvalue weighted by Gasteiger charge is -2.43. The second-order valence-electron chi connectivity index (χ2n) is 33.0. The number of piperazine rings is 3. The summed E-state index contributed by atoms with van der Waals surface area (Å²) in [5.41, 5.74) is 33.4. The summed E-state index contributed by atoms with van der Waals surface area (Å²) in [7, 11) is 0. The summed E-state index contributed by atoms with van der Waals surface area (Å²) in [6.45, 7) is 9.84. The Balaban J connectivity index is 0.413. The van der Waals surface area contributed by atoms with Gasteiger partial charge in [-0.15, -0.1) is 30.6 Å². The lowest BCUT2D eigenvalue weighted by atomic mass is 9.91. The van der Waals surface area contributed by atoms with Gasteiger partial charge in [-0.3, -0.25) is 14.7 Å². The van der Waals surface area contributed by atoms with Gasteiger partial charge in [0.2, 0.25) is 0 Å². The number of rotatable bonds is 17. The monoisotopic (exact) mass is 1570 g/mol. The van der Waals surface area contributed by atoms with Crippen LogP contribution in [0.15, 0.2) is 170 Å². The first kappa shape index (κ1) is 73.4. The molecule has 7 unspecified atom stereocenters. The van der Waals surface area contributed by atoms with Gasteiger partial charge in [0.15, 0.2) is 17.5 Å². The van der Waals surface area contributed by atoms with Crippen molar-refractivity contribution in [1.29, 1.82) is 0 Å². The van der Waals surface area contributed by atoms with E-state index in [4.69, 9.17) is 31.7 Å². The van der Waals surface area contributed by atoms with E-state index >= 15 is 0 Å². The fraction of sp³-hybridized carbons (Fsp3) is 0.367. The summed E-state index contributed by atoms with van der Waals surface area (Å²) in [6.07, 6.45) is 8.67. The van der Waals surface area contributed by atoms with Gasteiger partial charge in [0.05, 0.1) is 59.7 Å². The van der Waals surface area contributed by atoms with Crippen LogP contribution >= 0.6 is 0 Å². The topological polar surface area (TPSA) is 262 Å². The number of hydrogen-bond acceptors (Lipinski definition) is 24. The molecule has 117 heavy (non-hydrogen) atoms. The van der Waals surface area contributed by atoms with E-state index < -0.39 is 12.1 Å². The van der Waals surface area contributed by atoms with Gasteiger partial charge in [0.1, 0.15) is 46.2 Å². The number of nitrogen functional groups attached to an aromatic ring is 3. The maximum absolute atomic E-state index is 13.0. The number of phenolic OH excluding ortho intramolecular Hbond substituents is 1. The van der Waals surface area contributed by atoms with Crippen LogP contribution in [-0.2, 0) is 0 Å². The standard InChI is InChI=1S/C90H88F3N21O3/c91-90(92,93)59-47-107(48-59)36-8-11-61-39-64(30-33-98-61)113-70-25-26-71(113)54-111(53-70)81-43-78(102-105-88(81)96)75-15-3-6-18-84(75)117-85-44-89(85)55-108(56-89)37-9-12-62-40-65(31-34-99-62)114-68-23-24-69(114)52-110(51-68)80-42-77(101-104-87(80)95)74-14-2-5-17-83(74)116-72-27-19-57(20-28-72)58-45-106(46-58)35-7-10-60-38-63(29-32-97-60)112-66-21-22-67(112)50-109(49-66)79-41-76(100-103-86(79)94)73-13-1-4-16-82(73)115/h1-6,13-20,27-34,38-43,58-59,66-71,85,115H,21-26,35-37,44-56H2,(H2,94,103)(H2,95,104)(H2,96,105). The number of benzene rings is 4. The second-order valence-corrected chi connectivity index (χ2v) is 33.0. The zero-order valence-corrected chi connectivity index (χ0v) is 64.6. The van der Waals surface area contributed by atoms with Crippen molar-refractivity contribution in [2.45, 2.75) is 99.4 Å². The molecule has 7 N–H and O–H groups in total. The number of aromatic hydroxyl groups is 1. The summed E-state index contributed by atoms with van der Waals surface area (Å²) in [5, 5.41) is 37.4. The number of likely N-dealkylation sites (tertiary alicyclic amines) is 3. The van der Waals surface area contributed by atoms with Crippen molar-refractivity contribution in [2.75, 3.05) is 145 Å². The van der Waals surface area contributed by atoms with Crippen LogP contribution in [0.1, 0.15) is 73.5 Å². The van der Waals surface area contributed by atoms with E-state index in [-0.39, 0.29) is 73.2 Å². The molecule has 1 saturated carbocycles. The summed E-state index contributed by atoms with van der Waals surface area (Å²) in [6, 6.07) is 51.7. The van der Waals surface area contributed by atoms with E-state index in [2.05, 4.69) is 164 Å². The largest absolute Gasteiger partial charge is 0.507 e. The number of para-hydroxylation sites is 3. The molecule has 24 nitrogen and oxygen atoms in total. The number of aromatic nitrogens is 9. The van der Waals surface area contributed by atoms with Gasteiger partial charge in [-0.25, -0.2) is 15.0 Å². The Labute approximate surface area is 676 Å². The quantitative estimate of drug-likeness (QED) is 0.0618. The summed E-state index contributed by atoms with van der Waals surface area (Å²) >= 11 is 0. The van der Waals surface area contributed by atoms with Crippen molar-refractivity contribution >= 4 is 51.6 Å². The average Bonchev–Trinajstić information content (AvgIpc) is 1.57. The molecule has 592 valence electrons.